The number of nitrogens with zero attached hydrogens (tertiary/aromatic N) is 5. The van der Waals surface area contributed by atoms with E-state index < -0.39 is 11.6 Å². The molecule has 3 unspecified atom stereocenters. The predicted molar refractivity (Wildman–Crippen MR) is 163 cm³/mol. The summed E-state index contributed by atoms with van der Waals surface area (Å²) in [6.07, 6.45) is 14.1. The van der Waals surface area contributed by atoms with Gasteiger partial charge in [0.05, 0.1) is 16.5 Å². The van der Waals surface area contributed by atoms with Crippen molar-refractivity contribution < 1.29 is 18.6 Å². The van der Waals surface area contributed by atoms with E-state index in [1.54, 1.807) is 6.20 Å². The number of pyridine rings is 1. The van der Waals surface area contributed by atoms with Gasteiger partial charge in [0.1, 0.15) is 35.2 Å². The van der Waals surface area contributed by atoms with E-state index in [4.69, 9.17) is 16.1 Å². The van der Waals surface area contributed by atoms with Crippen LogP contribution in [0.25, 0.3) is 32.9 Å². The van der Waals surface area contributed by atoms with Gasteiger partial charge in [-0.05, 0) is 74.6 Å². The first-order valence-corrected chi connectivity index (χ1v) is 15.6. The molecule has 4 saturated heterocycles. The van der Waals surface area contributed by atoms with Crippen molar-refractivity contribution in [3.63, 3.8) is 0 Å². The number of phenolic OH excluding ortho intramolecular Hbond substituents is 1. The van der Waals surface area contributed by atoms with E-state index in [1.807, 2.05) is 0 Å². The lowest BCUT2D eigenvalue weighted by Gasteiger charge is -2.35. The summed E-state index contributed by atoms with van der Waals surface area (Å²) in [6.45, 7) is 3.06. The first-order valence-electron chi connectivity index (χ1n) is 15.6. The molecule has 4 aliphatic heterocycles. The van der Waals surface area contributed by atoms with Crippen LogP contribution >= 0.6 is 0 Å². The van der Waals surface area contributed by atoms with Crippen LogP contribution in [0.15, 0.2) is 30.5 Å². The lowest BCUT2D eigenvalue weighted by Crippen LogP contribution is -2.51. The third-order valence-electron chi connectivity index (χ3n) is 10.7. The van der Waals surface area contributed by atoms with Gasteiger partial charge in [0.2, 0.25) is 0 Å². The molecule has 1 aliphatic carbocycles. The van der Waals surface area contributed by atoms with Gasteiger partial charge in [0.25, 0.3) is 0 Å². The Hall–Kier alpha value is -4.07. The van der Waals surface area contributed by atoms with Crippen LogP contribution in [-0.4, -0.2) is 74.9 Å². The van der Waals surface area contributed by atoms with E-state index in [2.05, 4.69) is 31.0 Å². The van der Waals surface area contributed by atoms with Gasteiger partial charge in [-0.3, -0.25) is 9.88 Å². The molecule has 9 rings (SSSR count). The van der Waals surface area contributed by atoms with Crippen LogP contribution in [0.2, 0.25) is 0 Å². The molecule has 2 bridgehead atoms. The Morgan fingerprint density at radius 3 is 2.82 bits per heavy atom. The van der Waals surface area contributed by atoms with Gasteiger partial charge in [0.15, 0.2) is 5.82 Å². The molecule has 224 valence electrons. The largest absolute Gasteiger partial charge is 0.508 e. The summed E-state index contributed by atoms with van der Waals surface area (Å²) < 4.78 is 38.0. The number of phenols is 1. The number of nitrogens with one attached hydrogen (secondary N) is 1. The second kappa shape index (κ2) is 9.46. The number of halogens is 2. The van der Waals surface area contributed by atoms with E-state index in [1.165, 1.54) is 30.7 Å². The van der Waals surface area contributed by atoms with E-state index in [0.29, 0.717) is 46.7 Å². The molecule has 2 aromatic carbocycles. The first-order chi connectivity index (χ1) is 21.4. The minimum absolute atomic E-state index is 0.00164. The lowest BCUT2D eigenvalue weighted by atomic mass is 9.93. The highest BCUT2D eigenvalue weighted by Gasteiger charge is 2.61. The van der Waals surface area contributed by atoms with Gasteiger partial charge < -0.3 is 20.1 Å². The molecule has 10 heteroatoms. The zero-order valence-corrected chi connectivity index (χ0v) is 24.2. The van der Waals surface area contributed by atoms with Crippen molar-refractivity contribution in [3.8, 4) is 35.4 Å². The summed E-state index contributed by atoms with van der Waals surface area (Å²) in [5.41, 5.74) is 0.176. The molecule has 0 spiro atoms. The maximum absolute atomic E-state index is 16.8. The molecule has 6 heterocycles. The number of ether oxygens (including phenoxy) is 1. The van der Waals surface area contributed by atoms with E-state index in [0.717, 1.165) is 57.7 Å². The van der Waals surface area contributed by atoms with E-state index >= 15 is 4.39 Å². The molecule has 5 fully saturated rings. The Kier molecular flexibility index (Phi) is 5.67. The fourth-order valence-corrected chi connectivity index (χ4v) is 8.67. The molecule has 2 aromatic heterocycles. The van der Waals surface area contributed by atoms with Crippen LogP contribution in [0.4, 0.5) is 14.6 Å². The summed E-state index contributed by atoms with van der Waals surface area (Å²) in [6, 6.07) is 7.09. The number of benzene rings is 2. The van der Waals surface area contributed by atoms with E-state index in [-0.39, 0.29) is 39.6 Å². The number of fused-ring (bicyclic) bond motifs is 7. The van der Waals surface area contributed by atoms with Crippen molar-refractivity contribution in [2.75, 3.05) is 31.1 Å². The molecule has 8 nitrogen and oxygen atoms in total. The van der Waals surface area contributed by atoms with Crippen LogP contribution in [0.3, 0.4) is 0 Å². The Bertz CT molecular complexity index is 1900. The van der Waals surface area contributed by atoms with Crippen LogP contribution in [0, 0.1) is 29.9 Å². The fraction of sp³-hybridized carbons (Fsp3) is 0.441. The highest BCUT2D eigenvalue weighted by atomic mass is 19.1. The zero-order valence-electron chi connectivity index (χ0n) is 24.2. The highest BCUT2D eigenvalue weighted by Crippen LogP contribution is 2.56. The lowest BCUT2D eigenvalue weighted by molar-refractivity contribution is 0.0867. The summed E-state index contributed by atoms with van der Waals surface area (Å²) in [5.74, 6) is 2.34. The maximum atomic E-state index is 16.8. The van der Waals surface area contributed by atoms with Gasteiger partial charge >= 0.3 is 6.01 Å². The van der Waals surface area contributed by atoms with Crippen LogP contribution < -0.4 is 15.0 Å². The van der Waals surface area contributed by atoms with Crippen molar-refractivity contribution in [2.24, 2.45) is 5.92 Å². The normalized spacial score (nSPS) is 28.8. The summed E-state index contributed by atoms with van der Waals surface area (Å²) in [4.78, 5) is 18.9. The Morgan fingerprint density at radius 1 is 1.16 bits per heavy atom. The monoisotopic (exact) mass is 594 g/mol. The van der Waals surface area contributed by atoms with Gasteiger partial charge in [-0.15, -0.1) is 6.42 Å². The van der Waals surface area contributed by atoms with Crippen molar-refractivity contribution in [1.82, 2.24) is 25.2 Å². The molecule has 2 N–H and O–H groups in total. The molecular formula is C34H32F2N6O2. The average Bonchev–Trinajstić information content (AvgIpc) is 3.33. The number of aromatic hydroxyl groups is 1. The van der Waals surface area contributed by atoms with Crippen molar-refractivity contribution in [2.45, 2.75) is 62.2 Å². The number of aromatic nitrogens is 3. The number of piperazine rings is 1. The maximum Gasteiger partial charge on any atom is 0.319 e. The molecule has 5 aliphatic rings. The number of hydrogen-bond acceptors (Lipinski definition) is 8. The number of hydrogen-bond donors (Lipinski definition) is 2. The Morgan fingerprint density at radius 2 is 2.00 bits per heavy atom. The standard InChI is InChI=1S/C34H32F2N6O2/c1-2-23-26(35)7-4-18-10-22(43)12-24(28(18)23)30-29(36)31-25(14-37-30)32(41-15-20-5-6-21(16-41)38-20)40-33(39-31)44-17-34-8-3-9-42(34)27-11-19(27)13-34/h1,4,7,10,12,14,19-21,27,38,43H,3,5-6,8-9,11,13,15-17H2/t19?,20-,21+,27?,34?. The molecule has 44 heavy (non-hydrogen) atoms. The number of terminal acetylenes is 1. The number of anilines is 1. The minimum Gasteiger partial charge on any atom is -0.508 e. The minimum atomic E-state index is -0.698. The summed E-state index contributed by atoms with van der Waals surface area (Å²) in [5, 5.41) is 15.4. The predicted octanol–water partition coefficient (Wildman–Crippen LogP) is 4.76. The van der Waals surface area contributed by atoms with Gasteiger partial charge in [0, 0.05) is 48.4 Å². The Balaban J connectivity index is 1.19. The topological polar surface area (TPSA) is 86.6 Å². The average molecular weight is 595 g/mol. The molecular weight excluding hydrogens is 562 g/mol. The number of rotatable bonds is 5. The van der Waals surface area contributed by atoms with Gasteiger partial charge in [-0.25, -0.2) is 8.78 Å². The summed E-state index contributed by atoms with van der Waals surface area (Å²) in [7, 11) is 0. The van der Waals surface area contributed by atoms with Crippen LogP contribution in [-0.2, 0) is 0 Å². The van der Waals surface area contributed by atoms with Crippen molar-refractivity contribution in [1.29, 1.82) is 0 Å². The highest BCUT2D eigenvalue weighted by molar-refractivity contribution is 6.03. The molecule has 5 atom stereocenters. The third kappa shape index (κ3) is 3.92. The SMILES string of the molecule is C#Cc1c(F)ccc2cc(O)cc(-c3ncc4c(N5C[C@H]6CC[C@@H](C5)N6)nc(OCC56CCCN5C5CC5C6)nc4c3F)c12. The molecule has 0 radical (unpaired) electrons. The van der Waals surface area contributed by atoms with Crippen molar-refractivity contribution in [3.05, 3.63) is 47.7 Å². The smallest absolute Gasteiger partial charge is 0.319 e. The Labute approximate surface area is 253 Å². The molecule has 1 saturated carbocycles. The number of piperidine rings is 1. The quantitative estimate of drug-likeness (QED) is 0.320. The second-order valence-corrected chi connectivity index (χ2v) is 13.3. The zero-order chi connectivity index (χ0) is 29.7. The molecule has 0 amide bonds. The first kappa shape index (κ1) is 26.3. The van der Waals surface area contributed by atoms with Crippen molar-refractivity contribution >= 4 is 27.5 Å². The van der Waals surface area contributed by atoms with Crippen LogP contribution in [0.5, 0.6) is 11.8 Å². The third-order valence-corrected chi connectivity index (χ3v) is 10.7. The van der Waals surface area contributed by atoms with E-state index in [9.17, 15) is 9.50 Å². The van der Waals surface area contributed by atoms with Gasteiger partial charge in [-0.1, -0.05) is 12.0 Å². The molecule has 4 aromatic rings. The summed E-state index contributed by atoms with van der Waals surface area (Å²) >= 11 is 0. The van der Waals surface area contributed by atoms with Crippen LogP contribution in [0.1, 0.15) is 44.1 Å². The second-order valence-electron chi connectivity index (χ2n) is 13.3. The van der Waals surface area contributed by atoms with Gasteiger partial charge in [-0.2, -0.15) is 9.97 Å². The fourth-order valence-electron chi connectivity index (χ4n) is 8.67.